The summed E-state index contributed by atoms with van der Waals surface area (Å²) in [6.45, 7) is 8.94. The summed E-state index contributed by atoms with van der Waals surface area (Å²) >= 11 is 0. The second-order valence-electron chi connectivity index (χ2n) is 7.22. The van der Waals surface area contributed by atoms with Gasteiger partial charge in [0, 0.05) is 57.1 Å². The van der Waals surface area contributed by atoms with E-state index in [-0.39, 0.29) is 5.56 Å². The van der Waals surface area contributed by atoms with Crippen LogP contribution in [0.15, 0.2) is 17.1 Å². The van der Waals surface area contributed by atoms with Crippen molar-refractivity contribution in [3.63, 3.8) is 0 Å². The number of aromatic amines is 1. The van der Waals surface area contributed by atoms with Crippen molar-refractivity contribution in [3.05, 3.63) is 28.3 Å². The molecular formula is C19H27N7O2. The molecule has 2 N–H and O–H groups in total. The lowest BCUT2D eigenvalue weighted by Gasteiger charge is -2.26. The van der Waals surface area contributed by atoms with Crippen LogP contribution in [0.5, 0.6) is 0 Å². The van der Waals surface area contributed by atoms with Crippen molar-refractivity contribution in [3.8, 4) is 11.3 Å². The largest absolute Gasteiger partial charge is 0.379 e. The number of hydrogen-bond acceptors (Lipinski definition) is 8. The number of aromatic nitrogens is 4. The third-order valence-electron chi connectivity index (χ3n) is 5.20. The Labute approximate surface area is 164 Å². The van der Waals surface area contributed by atoms with Gasteiger partial charge >= 0.3 is 0 Å². The Morgan fingerprint density at radius 2 is 1.96 bits per heavy atom. The first-order valence-corrected chi connectivity index (χ1v) is 9.93. The Bertz CT molecular complexity index is 858. The lowest BCUT2D eigenvalue weighted by Crippen LogP contribution is -2.39. The molecule has 2 saturated heterocycles. The van der Waals surface area contributed by atoms with E-state index in [9.17, 15) is 4.79 Å². The van der Waals surface area contributed by atoms with Crippen molar-refractivity contribution in [1.82, 2.24) is 24.8 Å². The van der Waals surface area contributed by atoms with Crippen LogP contribution in [0.25, 0.3) is 11.3 Å². The van der Waals surface area contributed by atoms with Gasteiger partial charge in [0.25, 0.3) is 5.56 Å². The number of ether oxygens (including phenoxy) is 1. The Balaban J connectivity index is 1.46. The lowest BCUT2D eigenvalue weighted by atomic mass is 10.2. The van der Waals surface area contributed by atoms with Gasteiger partial charge in [-0.3, -0.25) is 14.7 Å². The fraction of sp³-hybridized carbons (Fsp3) is 0.579. The van der Waals surface area contributed by atoms with Gasteiger partial charge in [-0.2, -0.15) is 0 Å². The summed E-state index contributed by atoms with van der Waals surface area (Å²) in [4.78, 5) is 33.1. The number of nitrogens with one attached hydrogen (secondary N) is 2. The summed E-state index contributed by atoms with van der Waals surface area (Å²) in [6, 6.07) is 1.49. The van der Waals surface area contributed by atoms with E-state index >= 15 is 0 Å². The number of anilines is 2. The van der Waals surface area contributed by atoms with E-state index in [1.54, 1.807) is 6.20 Å². The summed E-state index contributed by atoms with van der Waals surface area (Å²) in [5, 5.41) is 3.22. The molecule has 0 aromatic carbocycles. The van der Waals surface area contributed by atoms with Crippen LogP contribution < -0.4 is 15.8 Å². The van der Waals surface area contributed by atoms with E-state index in [0.29, 0.717) is 18.2 Å². The molecule has 9 nitrogen and oxygen atoms in total. The van der Waals surface area contributed by atoms with E-state index in [1.165, 1.54) is 18.9 Å². The number of nitrogens with zero attached hydrogens (tertiary/aromatic N) is 5. The Morgan fingerprint density at radius 3 is 2.71 bits per heavy atom. The van der Waals surface area contributed by atoms with Gasteiger partial charge in [0.1, 0.15) is 0 Å². The van der Waals surface area contributed by atoms with Crippen LogP contribution in [0, 0.1) is 6.92 Å². The van der Waals surface area contributed by atoms with Crippen molar-refractivity contribution >= 4 is 11.9 Å². The van der Waals surface area contributed by atoms with Gasteiger partial charge in [-0.05, 0) is 19.8 Å². The summed E-state index contributed by atoms with van der Waals surface area (Å²) in [6.07, 6.45) is 4.13. The fourth-order valence-electron chi connectivity index (χ4n) is 3.61. The lowest BCUT2D eigenvalue weighted by molar-refractivity contribution is 0.0398. The summed E-state index contributed by atoms with van der Waals surface area (Å²) < 4.78 is 5.36. The molecular weight excluding hydrogens is 358 g/mol. The Hall–Kier alpha value is -2.52. The van der Waals surface area contributed by atoms with E-state index < -0.39 is 0 Å². The van der Waals surface area contributed by atoms with E-state index in [4.69, 9.17) is 4.74 Å². The number of hydrogen-bond donors (Lipinski definition) is 2. The first-order valence-electron chi connectivity index (χ1n) is 9.93. The second-order valence-corrected chi connectivity index (χ2v) is 7.22. The molecule has 150 valence electrons. The quantitative estimate of drug-likeness (QED) is 0.756. The highest BCUT2D eigenvalue weighted by Crippen LogP contribution is 2.22. The zero-order valence-electron chi connectivity index (χ0n) is 16.3. The molecule has 0 amide bonds. The minimum Gasteiger partial charge on any atom is -0.379 e. The van der Waals surface area contributed by atoms with Crippen molar-refractivity contribution in [1.29, 1.82) is 0 Å². The zero-order chi connectivity index (χ0) is 19.3. The normalized spacial score (nSPS) is 17.8. The smallest absolute Gasteiger partial charge is 0.252 e. The molecule has 2 aromatic heterocycles. The molecule has 9 heteroatoms. The van der Waals surface area contributed by atoms with E-state index in [2.05, 4.69) is 35.1 Å². The van der Waals surface area contributed by atoms with Crippen LogP contribution in [0.3, 0.4) is 0 Å². The third-order valence-corrected chi connectivity index (χ3v) is 5.20. The molecule has 0 bridgehead atoms. The molecule has 2 fully saturated rings. The number of rotatable bonds is 6. The highest BCUT2D eigenvalue weighted by molar-refractivity contribution is 5.62. The Kier molecular flexibility index (Phi) is 5.82. The molecule has 0 atom stereocenters. The molecule has 4 rings (SSSR count). The van der Waals surface area contributed by atoms with Gasteiger partial charge in [-0.25, -0.2) is 15.0 Å². The number of H-pyrrole nitrogens is 1. The number of morpholine rings is 1. The van der Waals surface area contributed by atoms with Gasteiger partial charge in [0.2, 0.25) is 11.9 Å². The van der Waals surface area contributed by atoms with Crippen LogP contribution in [0.2, 0.25) is 0 Å². The summed E-state index contributed by atoms with van der Waals surface area (Å²) in [7, 11) is 0. The minimum absolute atomic E-state index is 0.193. The maximum absolute atomic E-state index is 12.1. The predicted molar refractivity (Wildman–Crippen MR) is 108 cm³/mol. The molecule has 2 aromatic rings. The summed E-state index contributed by atoms with van der Waals surface area (Å²) in [5.74, 6) is 1.23. The van der Waals surface area contributed by atoms with Crippen molar-refractivity contribution in [2.45, 2.75) is 19.8 Å². The highest BCUT2D eigenvalue weighted by atomic mass is 16.5. The van der Waals surface area contributed by atoms with Gasteiger partial charge < -0.3 is 15.0 Å². The average Bonchev–Trinajstić information content (AvgIpc) is 3.23. The second kappa shape index (κ2) is 8.66. The van der Waals surface area contributed by atoms with Crippen LogP contribution in [0.4, 0.5) is 11.9 Å². The maximum atomic E-state index is 12.1. The molecule has 28 heavy (non-hydrogen) atoms. The van der Waals surface area contributed by atoms with Gasteiger partial charge in [0.05, 0.1) is 24.6 Å². The molecule has 0 aliphatic carbocycles. The third kappa shape index (κ3) is 4.48. The van der Waals surface area contributed by atoms with Gasteiger partial charge in [-0.15, -0.1) is 0 Å². The van der Waals surface area contributed by atoms with E-state index in [0.717, 1.165) is 63.1 Å². The first-order chi connectivity index (χ1) is 13.7. The number of aryl methyl sites for hydroxylation is 1. The van der Waals surface area contributed by atoms with Crippen LogP contribution in [0.1, 0.15) is 18.5 Å². The van der Waals surface area contributed by atoms with E-state index in [1.807, 2.05) is 6.92 Å². The van der Waals surface area contributed by atoms with Crippen molar-refractivity contribution in [2.75, 3.05) is 62.7 Å². The molecule has 0 radical (unpaired) electrons. The zero-order valence-corrected chi connectivity index (χ0v) is 16.3. The molecule has 4 heterocycles. The standard InChI is InChI=1S/C19H27N7O2/c1-14-15(13-21-19(22-14)26-5-2-3-6-26)16-12-17(27)24-18(23-16)20-4-7-25-8-10-28-11-9-25/h12-13H,2-11H2,1H3,(H2,20,23,24,27). The van der Waals surface area contributed by atoms with Crippen LogP contribution in [-0.4, -0.2) is 77.3 Å². The maximum Gasteiger partial charge on any atom is 0.252 e. The van der Waals surface area contributed by atoms with Crippen LogP contribution in [-0.2, 0) is 4.74 Å². The average molecular weight is 385 g/mol. The first kappa shape index (κ1) is 18.8. The molecule has 2 aliphatic heterocycles. The monoisotopic (exact) mass is 385 g/mol. The van der Waals surface area contributed by atoms with Gasteiger partial charge in [-0.1, -0.05) is 0 Å². The molecule has 2 aliphatic rings. The summed E-state index contributed by atoms with van der Waals surface area (Å²) in [5.41, 5.74) is 2.00. The predicted octanol–water partition coefficient (Wildman–Crippen LogP) is 0.880. The highest BCUT2D eigenvalue weighted by Gasteiger charge is 2.17. The Morgan fingerprint density at radius 1 is 1.18 bits per heavy atom. The molecule has 0 saturated carbocycles. The SMILES string of the molecule is Cc1nc(N2CCCC2)ncc1-c1cc(=O)[nH]c(NCCN2CCOCC2)n1. The molecule has 0 spiro atoms. The minimum atomic E-state index is -0.193. The fourth-order valence-corrected chi connectivity index (χ4v) is 3.61. The van der Waals surface area contributed by atoms with Crippen molar-refractivity contribution in [2.24, 2.45) is 0 Å². The van der Waals surface area contributed by atoms with Gasteiger partial charge in [0.15, 0.2) is 0 Å². The molecule has 0 unspecified atom stereocenters. The van der Waals surface area contributed by atoms with Crippen LogP contribution >= 0.6 is 0 Å². The van der Waals surface area contributed by atoms with Crippen molar-refractivity contribution < 1.29 is 4.74 Å². The topological polar surface area (TPSA) is 99.3 Å².